The first-order chi connectivity index (χ1) is 13.2. The molecule has 1 nitrogen and oxygen atoms in total. The van der Waals surface area contributed by atoms with E-state index in [1.165, 1.54) is 12.1 Å². The first-order valence-corrected chi connectivity index (χ1v) is 10.7. The van der Waals surface area contributed by atoms with Gasteiger partial charge in [-0.05, 0) is 74.3 Å². The lowest BCUT2D eigenvalue weighted by atomic mass is 9.63. The van der Waals surface area contributed by atoms with Crippen LogP contribution in [0.25, 0.3) is 0 Å². The molecule has 0 aromatic heterocycles. The Kier molecular flexibility index (Phi) is 6.31. The molecule has 3 rings (SSSR count). The lowest BCUT2D eigenvalue weighted by molar-refractivity contribution is -0.121. The van der Waals surface area contributed by atoms with E-state index in [0.717, 1.165) is 32.1 Å². The number of halogens is 4. The summed E-state index contributed by atoms with van der Waals surface area (Å²) in [6.07, 6.45) is 5.25. The highest BCUT2D eigenvalue weighted by atomic mass is 19.3. The van der Waals surface area contributed by atoms with Gasteiger partial charge < -0.3 is 4.74 Å². The average molecular weight is 401 g/mol. The van der Waals surface area contributed by atoms with Crippen molar-refractivity contribution in [1.82, 2.24) is 0 Å². The number of benzene rings is 1. The molecule has 158 valence electrons. The molecule has 5 heteroatoms. The van der Waals surface area contributed by atoms with Gasteiger partial charge in [0.2, 0.25) is 5.82 Å². The predicted octanol–water partition coefficient (Wildman–Crippen LogP) is 7.49. The van der Waals surface area contributed by atoms with Crippen LogP contribution in [0.4, 0.5) is 17.6 Å². The first-order valence-electron chi connectivity index (χ1n) is 10.7. The van der Waals surface area contributed by atoms with Crippen molar-refractivity contribution in [3.05, 3.63) is 29.3 Å². The third-order valence-electron chi connectivity index (χ3n) is 7.36. The standard InChI is InChI=1S/C23H32F4O/c1-4-22(3)12-10-15(11-13-22)18-8-6-16(14-23(18,26)27)17-7-9-19(28-5-2)21(25)20(17)24/h7,9,15-16,18H,4-6,8,10-14H2,1-3H3. The Bertz CT molecular complexity index is 679. The summed E-state index contributed by atoms with van der Waals surface area (Å²) < 4.78 is 63.9. The van der Waals surface area contributed by atoms with Gasteiger partial charge in [0.25, 0.3) is 5.92 Å². The van der Waals surface area contributed by atoms with Gasteiger partial charge in [-0.1, -0.05) is 26.3 Å². The van der Waals surface area contributed by atoms with E-state index in [-0.39, 0.29) is 29.3 Å². The van der Waals surface area contributed by atoms with E-state index in [9.17, 15) is 8.78 Å². The molecule has 2 fully saturated rings. The molecular formula is C23H32F4O. The Labute approximate surface area is 165 Å². The molecule has 2 atom stereocenters. The van der Waals surface area contributed by atoms with Crippen LogP contribution in [0.1, 0.15) is 83.6 Å². The highest BCUT2D eigenvalue weighted by Gasteiger charge is 2.50. The molecule has 2 saturated carbocycles. The number of rotatable bonds is 5. The van der Waals surface area contributed by atoms with Gasteiger partial charge in [0.1, 0.15) is 0 Å². The van der Waals surface area contributed by atoms with Gasteiger partial charge in [-0.3, -0.25) is 0 Å². The van der Waals surface area contributed by atoms with Gasteiger partial charge in [-0.25, -0.2) is 13.2 Å². The highest BCUT2D eigenvalue weighted by Crippen LogP contribution is 2.53. The van der Waals surface area contributed by atoms with E-state index >= 15 is 8.78 Å². The third-order valence-corrected chi connectivity index (χ3v) is 7.36. The summed E-state index contributed by atoms with van der Waals surface area (Å²) >= 11 is 0. The van der Waals surface area contributed by atoms with Crippen LogP contribution in [0.15, 0.2) is 12.1 Å². The molecule has 0 N–H and O–H groups in total. The Morgan fingerprint density at radius 2 is 1.68 bits per heavy atom. The monoisotopic (exact) mass is 400 g/mol. The van der Waals surface area contributed by atoms with Crippen LogP contribution in [0.5, 0.6) is 5.75 Å². The minimum absolute atomic E-state index is 0.0393. The van der Waals surface area contributed by atoms with Crippen LogP contribution in [-0.2, 0) is 0 Å². The molecule has 0 aliphatic heterocycles. The maximum Gasteiger partial charge on any atom is 0.251 e. The Morgan fingerprint density at radius 3 is 2.25 bits per heavy atom. The van der Waals surface area contributed by atoms with E-state index in [1.54, 1.807) is 6.92 Å². The summed E-state index contributed by atoms with van der Waals surface area (Å²) in [5.41, 5.74) is 0.340. The smallest absolute Gasteiger partial charge is 0.251 e. The van der Waals surface area contributed by atoms with Crippen molar-refractivity contribution in [1.29, 1.82) is 0 Å². The first kappa shape index (κ1) is 21.4. The fourth-order valence-electron chi connectivity index (χ4n) is 5.24. The van der Waals surface area contributed by atoms with Gasteiger partial charge in [0, 0.05) is 12.3 Å². The van der Waals surface area contributed by atoms with Gasteiger partial charge in [-0.15, -0.1) is 0 Å². The van der Waals surface area contributed by atoms with Crippen molar-refractivity contribution in [2.45, 2.75) is 84.0 Å². The zero-order chi connectivity index (χ0) is 20.5. The van der Waals surface area contributed by atoms with Crippen LogP contribution < -0.4 is 4.74 Å². The van der Waals surface area contributed by atoms with Crippen LogP contribution in [-0.4, -0.2) is 12.5 Å². The van der Waals surface area contributed by atoms with Crippen molar-refractivity contribution in [3.8, 4) is 5.75 Å². The molecule has 0 bridgehead atoms. The largest absolute Gasteiger partial charge is 0.491 e. The molecule has 0 amide bonds. The molecule has 0 spiro atoms. The molecule has 0 saturated heterocycles. The zero-order valence-corrected chi connectivity index (χ0v) is 17.2. The van der Waals surface area contributed by atoms with Crippen molar-refractivity contribution in [3.63, 3.8) is 0 Å². The number of hydrogen-bond acceptors (Lipinski definition) is 1. The minimum atomic E-state index is -2.84. The quantitative estimate of drug-likeness (QED) is 0.465. The van der Waals surface area contributed by atoms with E-state index in [1.807, 2.05) is 0 Å². The van der Waals surface area contributed by atoms with E-state index < -0.39 is 35.8 Å². The highest BCUT2D eigenvalue weighted by molar-refractivity contribution is 5.33. The average Bonchev–Trinajstić information content (AvgIpc) is 2.66. The van der Waals surface area contributed by atoms with Crippen LogP contribution in [0.3, 0.4) is 0 Å². The lowest BCUT2D eigenvalue weighted by Gasteiger charge is -2.45. The van der Waals surface area contributed by atoms with E-state index in [2.05, 4.69) is 13.8 Å². The van der Waals surface area contributed by atoms with Gasteiger partial charge in [-0.2, -0.15) is 4.39 Å². The van der Waals surface area contributed by atoms with Crippen LogP contribution in [0, 0.1) is 28.9 Å². The second-order valence-corrected chi connectivity index (χ2v) is 9.06. The second kappa shape index (κ2) is 8.23. The number of alkyl halides is 2. The Morgan fingerprint density at radius 1 is 1.00 bits per heavy atom. The fourth-order valence-corrected chi connectivity index (χ4v) is 5.24. The molecule has 1 aromatic rings. The molecule has 2 unspecified atom stereocenters. The van der Waals surface area contributed by atoms with Gasteiger partial charge in [0.05, 0.1) is 6.61 Å². The molecule has 0 heterocycles. The summed E-state index contributed by atoms with van der Waals surface area (Å²) in [5, 5.41) is 0. The predicted molar refractivity (Wildman–Crippen MR) is 103 cm³/mol. The van der Waals surface area contributed by atoms with Gasteiger partial charge >= 0.3 is 0 Å². The molecule has 2 aliphatic carbocycles. The van der Waals surface area contributed by atoms with E-state index in [0.29, 0.717) is 12.8 Å². The molecule has 1 aromatic carbocycles. The van der Waals surface area contributed by atoms with Crippen molar-refractivity contribution in [2.24, 2.45) is 17.3 Å². The fraction of sp³-hybridized carbons (Fsp3) is 0.739. The summed E-state index contributed by atoms with van der Waals surface area (Å²) in [6.45, 7) is 6.32. The van der Waals surface area contributed by atoms with Gasteiger partial charge in [0.15, 0.2) is 11.6 Å². The number of hydrogen-bond donors (Lipinski definition) is 0. The van der Waals surface area contributed by atoms with Crippen LogP contribution in [0.2, 0.25) is 0 Å². The van der Waals surface area contributed by atoms with Crippen molar-refractivity contribution in [2.75, 3.05) is 6.61 Å². The lowest BCUT2D eigenvalue weighted by Crippen LogP contribution is -2.41. The van der Waals surface area contributed by atoms with E-state index in [4.69, 9.17) is 4.74 Å². The summed E-state index contributed by atoms with van der Waals surface area (Å²) in [7, 11) is 0. The number of ether oxygens (including phenoxy) is 1. The molecular weight excluding hydrogens is 368 g/mol. The Balaban J connectivity index is 1.71. The maximum atomic E-state index is 15.1. The molecule has 28 heavy (non-hydrogen) atoms. The Hall–Kier alpha value is -1.26. The maximum absolute atomic E-state index is 15.1. The minimum Gasteiger partial charge on any atom is -0.491 e. The van der Waals surface area contributed by atoms with Crippen molar-refractivity contribution < 1.29 is 22.3 Å². The third kappa shape index (κ3) is 4.18. The SMILES string of the molecule is CCOc1ccc(C2CCC(C3CCC(C)(CC)CC3)C(F)(F)C2)c(F)c1F. The van der Waals surface area contributed by atoms with Crippen molar-refractivity contribution >= 4 is 0 Å². The molecule has 0 radical (unpaired) electrons. The van der Waals surface area contributed by atoms with Crippen LogP contribution >= 0.6 is 0 Å². The normalized spacial score (nSPS) is 32.9. The summed E-state index contributed by atoms with van der Waals surface area (Å²) in [4.78, 5) is 0. The zero-order valence-electron chi connectivity index (χ0n) is 17.2. The summed E-state index contributed by atoms with van der Waals surface area (Å²) in [6, 6.07) is 2.77. The summed E-state index contributed by atoms with van der Waals surface area (Å²) in [5.74, 6) is -6.36. The second-order valence-electron chi connectivity index (χ2n) is 9.06. The topological polar surface area (TPSA) is 9.23 Å². The molecule has 2 aliphatic rings.